The lowest BCUT2D eigenvalue weighted by Crippen LogP contribution is -2.02. The first-order valence-electron chi connectivity index (χ1n) is 9.22. The summed E-state index contributed by atoms with van der Waals surface area (Å²) in [5.74, 6) is 2.04. The van der Waals surface area contributed by atoms with Crippen LogP contribution in [0.4, 0.5) is 11.6 Å². The number of nitrogens with zero attached hydrogens (tertiary/aromatic N) is 2. The van der Waals surface area contributed by atoms with Crippen molar-refractivity contribution in [3.8, 4) is 28.5 Å². The Labute approximate surface area is 179 Å². The van der Waals surface area contributed by atoms with Gasteiger partial charge >= 0.3 is 0 Å². The molecule has 1 aromatic heterocycles. The lowest BCUT2D eigenvalue weighted by molar-refractivity contribution is 0.324. The normalized spacial score (nSPS) is 10.7. The average molecular weight is 422 g/mol. The molecular weight excluding hydrogens is 402 g/mol. The molecule has 0 radical (unpaired) electrons. The summed E-state index contributed by atoms with van der Waals surface area (Å²) < 4.78 is 16.3. The van der Waals surface area contributed by atoms with Crippen LogP contribution in [0.2, 0.25) is 5.02 Å². The highest BCUT2D eigenvalue weighted by atomic mass is 35.5. The van der Waals surface area contributed by atoms with Crippen LogP contribution in [0.25, 0.3) is 22.2 Å². The minimum atomic E-state index is 0.443. The Morgan fingerprint density at radius 1 is 0.800 bits per heavy atom. The predicted molar refractivity (Wildman–Crippen MR) is 119 cm³/mol. The molecule has 0 aliphatic rings. The van der Waals surface area contributed by atoms with Gasteiger partial charge in [0.1, 0.15) is 0 Å². The Morgan fingerprint density at radius 2 is 1.50 bits per heavy atom. The van der Waals surface area contributed by atoms with E-state index in [1.165, 1.54) is 0 Å². The maximum absolute atomic E-state index is 6.23. The van der Waals surface area contributed by atoms with Crippen LogP contribution in [0, 0.1) is 0 Å². The van der Waals surface area contributed by atoms with Crippen molar-refractivity contribution in [3.05, 3.63) is 65.7 Å². The summed E-state index contributed by atoms with van der Waals surface area (Å²) in [6.45, 7) is 0. The zero-order chi connectivity index (χ0) is 21.1. The Bertz CT molecular complexity index is 1170. The molecule has 152 valence electrons. The second-order valence-corrected chi connectivity index (χ2v) is 6.90. The van der Waals surface area contributed by atoms with Crippen LogP contribution >= 0.6 is 11.6 Å². The van der Waals surface area contributed by atoms with Gasteiger partial charge in [-0.1, -0.05) is 41.9 Å². The number of halogens is 1. The lowest BCUT2D eigenvalue weighted by Gasteiger charge is -2.15. The summed E-state index contributed by atoms with van der Waals surface area (Å²) in [5, 5.41) is 4.76. The third kappa shape index (κ3) is 3.82. The largest absolute Gasteiger partial charge is 0.493 e. The van der Waals surface area contributed by atoms with Crippen molar-refractivity contribution in [1.82, 2.24) is 9.97 Å². The molecule has 4 rings (SSSR count). The number of ether oxygens (including phenoxy) is 3. The van der Waals surface area contributed by atoms with Gasteiger partial charge in [-0.15, -0.1) is 0 Å². The standard InChI is InChI=1S/C23H20ClN3O3/c1-28-19-12-16(13-20(29-2)22(19)30-3)25-23-26-18-10-9-15(24)11-17(18)21(27-23)14-7-5-4-6-8-14/h4-13H,1-3H3,(H,25,26,27). The summed E-state index contributed by atoms with van der Waals surface area (Å²) in [6, 6.07) is 19.1. The third-order valence-electron chi connectivity index (χ3n) is 4.63. The number of aromatic nitrogens is 2. The Hall–Kier alpha value is -3.51. The predicted octanol–water partition coefficient (Wildman–Crippen LogP) is 5.72. The Balaban J connectivity index is 1.84. The number of hydrogen-bond donors (Lipinski definition) is 1. The highest BCUT2D eigenvalue weighted by molar-refractivity contribution is 6.31. The number of rotatable bonds is 6. The van der Waals surface area contributed by atoms with E-state index in [2.05, 4.69) is 10.3 Å². The molecule has 30 heavy (non-hydrogen) atoms. The molecule has 6 nitrogen and oxygen atoms in total. The quantitative estimate of drug-likeness (QED) is 0.429. The highest BCUT2D eigenvalue weighted by Crippen LogP contribution is 2.40. The van der Waals surface area contributed by atoms with Gasteiger partial charge in [0.2, 0.25) is 11.7 Å². The number of anilines is 2. The lowest BCUT2D eigenvalue weighted by atomic mass is 10.1. The number of benzene rings is 3. The van der Waals surface area contributed by atoms with Crippen LogP contribution in [-0.4, -0.2) is 31.3 Å². The van der Waals surface area contributed by atoms with Crippen LogP contribution in [0.15, 0.2) is 60.7 Å². The van der Waals surface area contributed by atoms with Crippen molar-refractivity contribution in [2.24, 2.45) is 0 Å². The first-order valence-corrected chi connectivity index (χ1v) is 9.60. The minimum Gasteiger partial charge on any atom is -0.493 e. The van der Waals surface area contributed by atoms with Crippen LogP contribution in [0.3, 0.4) is 0 Å². The molecule has 0 amide bonds. The van der Waals surface area contributed by atoms with Gasteiger partial charge in [0, 0.05) is 33.8 Å². The molecule has 0 unspecified atom stereocenters. The van der Waals surface area contributed by atoms with Crippen LogP contribution in [0.1, 0.15) is 0 Å². The van der Waals surface area contributed by atoms with Gasteiger partial charge in [-0.2, -0.15) is 0 Å². The number of hydrogen-bond acceptors (Lipinski definition) is 6. The second kappa shape index (κ2) is 8.47. The smallest absolute Gasteiger partial charge is 0.228 e. The molecule has 3 aromatic carbocycles. The molecule has 0 atom stereocenters. The molecule has 0 bridgehead atoms. The van der Waals surface area contributed by atoms with Crippen LogP contribution in [0.5, 0.6) is 17.2 Å². The molecule has 0 saturated carbocycles. The summed E-state index contributed by atoms with van der Waals surface area (Å²) in [5.41, 5.74) is 3.25. The fourth-order valence-electron chi connectivity index (χ4n) is 3.25. The van der Waals surface area contributed by atoms with Gasteiger partial charge in [-0.25, -0.2) is 9.97 Å². The molecule has 4 aromatic rings. The van der Waals surface area contributed by atoms with E-state index in [9.17, 15) is 0 Å². The molecular formula is C23H20ClN3O3. The minimum absolute atomic E-state index is 0.443. The van der Waals surface area contributed by atoms with E-state index in [0.717, 1.165) is 22.2 Å². The number of methoxy groups -OCH3 is 3. The zero-order valence-electron chi connectivity index (χ0n) is 16.8. The first-order chi connectivity index (χ1) is 14.6. The Kier molecular flexibility index (Phi) is 5.59. The topological polar surface area (TPSA) is 65.5 Å². The number of nitrogens with one attached hydrogen (secondary N) is 1. The van der Waals surface area contributed by atoms with Gasteiger partial charge in [0.25, 0.3) is 0 Å². The van der Waals surface area contributed by atoms with Gasteiger partial charge in [-0.3, -0.25) is 0 Å². The fourth-order valence-corrected chi connectivity index (χ4v) is 3.43. The van der Waals surface area contributed by atoms with Crippen molar-refractivity contribution < 1.29 is 14.2 Å². The second-order valence-electron chi connectivity index (χ2n) is 6.46. The Morgan fingerprint density at radius 3 is 2.13 bits per heavy atom. The summed E-state index contributed by atoms with van der Waals surface area (Å²) in [4.78, 5) is 9.42. The van der Waals surface area contributed by atoms with E-state index < -0.39 is 0 Å². The van der Waals surface area contributed by atoms with Crippen molar-refractivity contribution in [2.75, 3.05) is 26.6 Å². The van der Waals surface area contributed by atoms with Crippen molar-refractivity contribution in [1.29, 1.82) is 0 Å². The van der Waals surface area contributed by atoms with E-state index in [1.54, 1.807) is 33.5 Å². The molecule has 0 saturated heterocycles. The van der Waals surface area contributed by atoms with Crippen molar-refractivity contribution in [2.45, 2.75) is 0 Å². The van der Waals surface area contributed by atoms with Crippen molar-refractivity contribution >= 4 is 34.1 Å². The van der Waals surface area contributed by atoms with E-state index in [1.807, 2.05) is 48.5 Å². The highest BCUT2D eigenvalue weighted by Gasteiger charge is 2.15. The van der Waals surface area contributed by atoms with E-state index in [4.69, 9.17) is 30.8 Å². The molecule has 0 aliphatic heterocycles. The van der Waals surface area contributed by atoms with Crippen LogP contribution < -0.4 is 19.5 Å². The van der Waals surface area contributed by atoms with Gasteiger partial charge in [0.15, 0.2) is 11.5 Å². The molecule has 0 fully saturated rings. The van der Waals surface area contributed by atoms with E-state index in [0.29, 0.717) is 33.9 Å². The number of fused-ring (bicyclic) bond motifs is 1. The fraction of sp³-hybridized carbons (Fsp3) is 0.130. The molecule has 7 heteroatoms. The average Bonchev–Trinajstić information content (AvgIpc) is 2.78. The summed E-state index contributed by atoms with van der Waals surface area (Å²) in [7, 11) is 4.72. The van der Waals surface area contributed by atoms with Gasteiger partial charge < -0.3 is 19.5 Å². The molecule has 1 N–H and O–H groups in total. The van der Waals surface area contributed by atoms with Crippen molar-refractivity contribution in [3.63, 3.8) is 0 Å². The van der Waals surface area contributed by atoms with E-state index in [-0.39, 0.29) is 0 Å². The third-order valence-corrected chi connectivity index (χ3v) is 4.86. The maximum Gasteiger partial charge on any atom is 0.228 e. The molecule has 1 heterocycles. The zero-order valence-corrected chi connectivity index (χ0v) is 17.5. The van der Waals surface area contributed by atoms with Gasteiger partial charge in [-0.05, 0) is 18.2 Å². The SMILES string of the molecule is COc1cc(Nc2nc(-c3ccccc3)c3cc(Cl)ccc3n2)cc(OC)c1OC. The van der Waals surface area contributed by atoms with Crippen LogP contribution in [-0.2, 0) is 0 Å². The van der Waals surface area contributed by atoms with Gasteiger partial charge in [0.05, 0.1) is 32.5 Å². The maximum atomic E-state index is 6.23. The monoisotopic (exact) mass is 421 g/mol. The van der Waals surface area contributed by atoms with E-state index >= 15 is 0 Å². The summed E-state index contributed by atoms with van der Waals surface area (Å²) >= 11 is 6.23. The first kappa shape index (κ1) is 19.8. The molecule has 0 spiro atoms. The summed E-state index contributed by atoms with van der Waals surface area (Å²) in [6.07, 6.45) is 0. The molecule has 0 aliphatic carbocycles.